The molecular formula is C22H22ClN3O3S. The number of nitrogens with one attached hydrogen (secondary N) is 2. The van der Waals surface area contributed by atoms with Gasteiger partial charge in [-0.25, -0.2) is 0 Å². The van der Waals surface area contributed by atoms with Crippen molar-refractivity contribution in [3.8, 4) is 0 Å². The van der Waals surface area contributed by atoms with Crippen molar-refractivity contribution in [3.63, 3.8) is 0 Å². The molecule has 4 rings (SSSR count). The molecule has 0 unspecified atom stereocenters. The molecule has 0 radical (unpaired) electrons. The Bertz CT molecular complexity index is 1090. The van der Waals surface area contributed by atoms with Gasteiger partial charge in [0.15, 0.2) is 0 Å². The molecular weight excluding hydrogens is 422 g/mol. The maximum Gasteiger partial charge on any atom is 0.268 e. The maximum atomic E-state index is 13.2. The van der Waals surface area contributed by atoms with Crippen molar-refractivity contribution in [2.75, 3.05) is 24.6 Å². The summed E-state index contributed by atoms with van der Waals surface area (Å²) in [6, 6.07) is 16.0. The number of fused-ring (bicyclic) bond motifs is 1. The summed E-state index contributed by atoms with van der Waals surface area (Å²) >= 11 is 6.03. The van der Waals surface area contributed by atoms with Gasteiger partial charge < -0.3 is 15.2 Å². The molecule has 0 bridgehead atoms. The maximum absolute atomic E-state index is 13.2. The van der Waals surface area contributed by atoms with Gasteiger partial charge in [-0.3, -0.25) is 13.8 Å². The summed E-state index contributed by atoms with van der Waals surface area (Å²) < 4.78 is 11.7. The number of aromatic nitrogens is 1. The molecule has 0 saturated carbocycles. The van der Waals surface area contributed by atoms with Crippen molar-refractivity contribution < 1.29 is 13.8 Å². The minimum Gasteiger partial charge on any atom is -0.351 e. The molecule has 2 N–H and O–H groups in total. The molecule has 1 atom stereocenters. The van der Waals surface area contributed by atoms with Gasteiger partial charge >= 0.3 is 0 Å². The molecule has 3 aromatic rings. The summed E-state index contributed by atoms with van der Waals surface area (Å²) in [4.78, 5) is 30.9. The average Bonchev–Trinajstić information content (AvgIpc) is 3.17. The molecule has 8 heteroatoms. The van der Waals surface area contributed by atoms with Crippen LogP contribution >= 0.6 is 11.6 Å². The van der Waals surface area contributed by atoms with E-state index < -0.39 is 16.8 Å². The predicted octanol–water partition coefficient (Wildman–Crippen LogP) is 2.75. The number of carbonyl (C=O) groups excluding carboxylic acids is 2. The van der Waals surface area contributed by atoms with E-state index in [2.05, 4.69) is 10.3 Å². The highest BCUT2D eigenvalue weighted by Gasteiger charge is 2.29. The number of nitrogens with zero attached hydrogens (tertiary/aromatic N) is 1. The lowest BCUT2D eigenvalue weighted by atomic mass is 10.0. The summed E-state index contributed by atoms with van der Waals surface area (Å²) in [5.74, 6) is 0.446. The summed E-state index contributed by atoms with van der Waals surface area (Å²) in [6.07, 6.45) is 0.386. The van der Waals surface area contributed by atoms with Crippen LogP contribution in [0.2, 0.25) is 5.02 Å². The van der Waals surface area contributed by atoms with Gasteiger partial charge in [0.1, 0.15) is 11.7 Å². The highest BCUT2D eigenvalue weighted by Crippen LogP contribution is 2.20. The van der Waals surface area contributed by atoms with Gasteiger partial charge in [0.2, 0.25) is 5.91 Å². The minimum absolute atomic E-state index is 0.150. The Labute approximate surface area is 182 Å². The normalized spacial score (nSPS) is 15.8. The molecule has 1 saturated heterocycles. The quantitative estimate of drug-likeness (QED) is 0.636. The van der Waals surface area contributed by atoms with Crippen LogP contribution in [-0.4, -0.2) is 56.5 Å². The second kappa shape index (κ2) is 9.02. The lowest BCUT2D eigenvalue weighted by molar-refractivity contribution is -0.132. The van der Waals surface area contributed by atoms with E-state index >= 15 is 0 Å². The number of benzene rings is 2. The molecule has 1 aromatic heterocycles. The van der Waals surface area contributed by atoms with E-state index in [1.807, 2.05) is 36.4 Å². The van der Waals surface area contributed by atoms with Crippen molar-refractivity contribution in [2.24, 2.45) is 0 Å². The SMILES string of the molecule is O=C(N[C@@H](Cc1ccccc1)C(=O)N1CCS(=O)CC1)c1cc2cc(Cl)ccc2[nH]1. The fraction of sp³-hybridized carbons (Fsp3) is 0.273. The third kappa shape index (κ3) is 4.74. The second-order valence-electron chi connectivity index (χ2n) is 7.30. The fourth-order valence-corrected chi connectivity index (χ4v) is 4.82. The van der Waals surface area contributed by atoms with Crippen LogP contribution in [0.5, 0.6) is 0 Å². The minimum atomic E-state index is -0.877. The molecule has 30 heavy (non-hydrogen) atoms. The number of hydrogen-bond donors (Lipinski definition) is 2. The third-order valence-corrected chi connectivity index (χ3v) is 6.71. The number of carbonyl (C=O) groups is 2. The van der Waals surface area contributed by atoms with Gasteiger partial charge in [0.25, 0.3) is 5.91 Å². The molecule has 2 heterocycles. The Morgan fingerprint density at radius 1 is 1.10 bits per heavy atom. The van der Waals surface area contributed by atoms with Gasteiger partial charge in [-0.1, -0.05) is 41.9 Å². The van der Waals surface area contributed by atoms with E-state index in [4.69, 9.17) is 11.6 Å². The second-order valence-corrected chi connectivity index (χ2v) is 9.44. The number of H-pyrrole nitrogens is 1. The van der Waals surface area contributed by atoms with E-state index in [-0.39, 0.29) is 11.8 Å². The molecule has 1 aliphatic rings. The molecule has 1 fully saturated rings. The van der Waals surface area contributed by atoms with Gasteiger partial charge in [-0.05, 0) is 29.8 Å². The Kier molecular flexibility index (Phi) is 6.20. The van der Waals surface area contributed by atoms with Crippen molar-refractivity contribution in [2.45, 2.75) is 12.5 Å². The number of rotatable bonds is 5. The predicted molar refractivity (Wildman–Crippen MR) is 119 cm³/mol. The largest absolute Gasteiger partial charge is 0.351 e. The zero-order chi connectivity index (χ0) is 21.1. The zero-order valence-electron chi connectivity index (χ0n) is 16.3. The van der Waals surface area contributed by atoms with Crippen LogP contribution in [0.3, 0.4) is 0 Å². The Morgan fingerprint density at radius 2 is 1.83 bits per heavy atom. The van der Waals surface area contributed by atoms with E-state index in [0.717, 1.165) is 16.5 Å². The van der Waals surface area contributed by atoms with E-state index in [0.29, 0.717) is 41.7 Å². The smallest absolute Gasteiger partial charge is 0.268 e. The van der Waals surface area contributed by atoms with Gasteiger partial charge in [0.05, 0.1) is 0 Å². The fourth-order valence-electron chi connectivity index (χ4n) is 3.59. The molecule has 0 aliphatic carbocycles. The van der Waals surface area contributed by atoms with Crippen molar-refractivity contribution in [3.05, 3.63) is 70.9 Å². The molecule has 0 spiro atoms. The lowest BCUT2D eigenvalue weighted by Gasteiger charge is -2.30. The summed E-state index contributed by atoms with van der Waals surface area (Å²) in [5.41, 5.74) is 2.13. The summed E-state index contributed by atoms with van der Waals surface area (Å²) in [6.45, 7) is 0.884. The van der Waals surface area contributed by atoms with Crippen molar-refractivity contribution in [1.82, 2.24) is 15.2 Å². The molecule has 1 aliphatic heterocycles. The molecule has 2 amide bonds. The first-order valence-corrected chi connectivity index (χ1v) is 11.6. The van der Waals surface area contributed by atoms with Crippen LogP contribution in [0.1, 0.15) is 16.1 Å². The Hall–Kier alpha value is -2.64. The Morgan fingerprint density at radius 3 is 2.57 bits per heavy atom. The van der Waals surface area contributed by atoms with Crippen LogP contribution in [0.4, 0.5) is 0 Å². The van der Waals surface area contributed by atoms with Crippen LogP contribution in [0.25, 0.3) is 10.9 Å². The number of amides is 2. The first-order chi connectivity index (χ1) is 14.5. The monoisotopic (exact) mass is 443 g/mol. The van der Waals surface area contributed by atoms with Crippen LogP contribution in [0.15, 0.2) is 54.6 Å². The van der Waals surface area contributed by atoms with E-state index in [9.17, 15) is 13.8 Å². The topological polar surface area (TPSA) is 82.3 Å². The number of hydrogen-bond acceptors (Lipinski definition) is 3. The molecule has 156 valence electrons. The van der Waals surface area contributed by atoms with Gasteiger partial charge in [-0.15, -0.1) is 0 Å². The third-order valence-electron chi connectivity index (χ3n) is 5.20. The first-order valence-electron chi connectivity index (χ1n) is 9.76. The van der Waals surface area contributed by atoms with E-state index in [1.165, 1.54) is 0 Å². The number of halogens is 1. The standard InChI is InChI=1S/C22H22ClN3O3S/c23-17-6-7-18-16(13-17)14-19(24-18)21(27)25-20(12-15-4-2-1-3-5-15)22(28)26-8-10-30(29)11-9-26/h1-7,13-14,20,24H,8-12H2,(H,25,27)/t20-/m0/s1. The number of aromatic amines is 1. The Balaban J connectivity index is 1.55. The molecule has 6 nitrogen and oxygen atoms in total. The van der Waals surface area contributed by atoms with Crippen LogP contribution in [0, 0.1) is 0 Å². The highest BCUT2D eigenvalue weighted by molar-refractivity contribution is 7.85. The first kappa shape index (κ1) is 20.6. The van der Waals surface area contributed by atoms with Crippen LogP contribution < -0.4 is 5.32 Å². The van der Waals surface area contributed by atoms with E-state index in [1.54, 1.807) is 23.1 Å². The highest BCUT2D eigenvalue weighted by atomic mass is 35.5. The van der Waals surface area contributed by atoms with Crippen LogP contribution in [-0.2, 0) is 22.0 Å². The summed E-state index contributed by atoms with van der Waals surface area (Å²) in [5, 5.41) is 4.32. The lowest BCUT2D eigenvalue weighted by Crippen LogP contribution is -2.53. The van der Waals surface area contributed by atoms with Gasteiger partial charge in [0, 0.05) is 57.7 Å². The zero-order valence-corrected chi connectivity index (χ0v) is 17.8. The molecule has 2 aromatic carbocycles. The summed E-state index contributed by atoms with van der Waals surface area (Å²) in [7, 11) is -0.877. The van der Waals surface area contributed by atoms with Crippen molar-refractivity contribution >= 4 is 45.1 Å². The average molecular weight is 444 g/mol. The van der Waals surface area contributed by atoms with Crippen molar-refractivity contribution in [1.29, 1.82) is 0 Å². The van der Waals surface area contributed by atoms with Gasteiger partial charge in [-0.2, -0.15) is 0 Å².